The molecular formula is C18H30O3. The number of aliphatic hydroxyl groups excluding tert-OH is 1. The third kappa shape index (κ3) is 7.96. The molecule has 0 bridgehead atoms. The maximum atomic E-state index is 9.20. The van der Waals surface area contributed by atoms with E-state index in [1.54, 1.807) is 0 Å². The van der Waals surface area contributed by atoms with Crippen molar-refractivity contribution in [2.45, 2.75) is 47.5 Å². The summed E-state index contributed by atoms with van der Waals surface area (Å²) in [6.45, 7) is 12.2. The lowest BCUT2D eigenvalue weighted by molar-refractivity contribution is 0.128. The summed E-state index contributed by atoms with van der Waals surface area (Å²) in [5, 5.41) is 9.20. The predicted octanol–water partition coefficient (Wildman–Crippen LogP) is 4.29. The van der Waals surface area contributed by atoms with E-state index in [2.05, 4.69) is 20.8 Å². The fourth-order valence-corrected chi connectivity index (χ4v) is 1.63. The van der Waals surface area contributed by atoms with Gasteiger partial charge in [0.15, 0.2) is 0 Å². The molecule has 0 aliphatic rings. The van der Waals surface area contributed by atoms with Gasteiger partial charge in [-0.2, -0.15) is 0 Å². The van der Waals surface area contributed by atoms with Crippen LogP contribution in [0, 0.1) is 10.8 Å². The van der Waals surface area contributed by atoms with Crippen LogP contribution in [0.1, 0.15) is 47.5 Å². The van der Waals surface area contributed by atoms with E-state index in [1.165, 1.54) is 0 Å². The molecule has 1 aromatic rings. The molecule has 0 aromatic heterocycles. The Hall–Kier alpha value is -1.22. The molecule has 21 heavy (non-hydrogen) atoms. The van der Waals surface area contributed by atoms with E-state index in [9.17, 15) is 5.11 Å². The van der Waals surface area contributed by atoms with Gasteiger partial charge < -0.3 is 14.6 Å². The molecule has 0 amide bonds. The monoisotopic (exact) mass is 294 g/mol. The van der Waals surface area contributed by atoms with Gasteiger partial charge in [-0.15, -0.1) is 0 Å². The average molecular weight is 294 g/mol. The zero-order valence-electron chi connectivity index (χ0n) is 14.1. The van der Waals surface area contributed by atoms with Gasteiger partial charge >= 0.3 is 0 Å². The van der Waals surface area contributed by atoms with E-state index in [4.69, 9.17) is 9.47 Å². The molecule has 1 rings (SSSR count). The van der Waals surface area contributed by atoms with Gasteiger partial charge in [0.1, 0.15) is 11.5 Å². The van der Waals surface area contributed by atoms with Gasteiger partial charge in [0.25, 0.3) is 0 Å². The Morgan fingerprint density at radius 1 is 0.810 bits per heavy atom. The lowest BCUT2D eigenvalue weighted by Crippen LogP contribution is -2.19. The van der Waals surface area contributed by atoms with Gasteiger partial charge in [0, 0.05) is 6.61 Å². The van der Waals surface area contributed by atoms with E-state index in [-0.39, 0.29) is 12.0 Å². The Labute approximate surface area is 129 Å². The minimum atomic E-state index is -0.0873. The molecule has 0 saturated heterocycles. The van der Waals surface area contributed by atoms with Gasteiger partial charge in [0.05, 0.1) is 13.2 Å². The molecule has 3 nitrogen and oxygen atoms in total. The highest BCUT2D eigenvalue weighted by molar-refractivity contribution is 5.31. The number of aliphatic hydroxyl groups is 1. The highest BCUT2D eigenvalue weighted by Crippen LogP contribution is 2.23. The first-order valence-corrected chi connectivity index (χ1v) is 7.68. The molecule has 0 unspecified atom stereocenters. The van der Waals surface area contributed by atoms with Gasteiger partial charge in [-0.1, -0.05) is 34.6 Å². The standard InChI is InChI=1S/C18H30O3/c1-17(2,3)10-12-20-15-6-8-16(9-7-15)21-13-11-18(4,5)14-19/h6-9,19H,10-14H2,1-5H3. The molecule has 0 aliphatic heterocycles. The zero-order valence-corrected chi connectivity index (χ0v) is 14.1. The lowest BCUT2D eigenvalue weighted by atomic mass is 9.91. The van der Waals surface area contributed by atoms with Crippen LogP contribution in [0.15, 0.2) is 24.3 Å². The summed E-state index contributed by atoms with van der Waals surface area (Å²) < 4.78 is 11.4. The fourth-order valence-electron chi connectivity index (χ4n) is 1.63. The number of hydrogen-bond acceptors (Lipinski definition) is 3. The Kier molecular flexibility index (Phi) is 6.53. The first kappa shape index (κ1) is 17.8. The SMILES string of the molecule is CC(C)(C)CCOc1ccc(OCCC(C)(C)CO)cc1. The van der Waals surface area contributed by atoms with E-state index < -0.39 is 0 Å². The quantitative estimate of drug-likeness (QED) is 0.777. The van der Waals surface area contributed by atoms with Crippen LogP contribution >= 0.6 is 0 Å². The molecule has 0 saturated carbocycles. The topological polar surface area (TPSA) is 38.7 Å². The molecule has 0 heterocycles. The van der Waals surface area contributed by atoms with Crippen LogP contribution in [-0.4, -0.2) is 24.9 Å². The summed E-state index contributed by atoms with van der Waals surface area (Å²) in [5.41, 5.74) is 0.207. The number of ether oxygens (including phenoxy) is 2. The second-order valence-electron chi connectivity index (χ2n) is 7.55. The van der Waals surface area contributed by atoms with Crippen molar-refractivity contribution in [3.05, 3.63) is 24.3 Å². The number of rotatable bonds is 8. The average Bonchev–Trinajstić information content (AvgIpc) is 2.39. The Morgan fingerprint density at radius 2 is 1.24 bits per heavy atom. The molecule has 0 spiro atoms. The molecule has 0 fully saturated rings. The van der Waals surface area contributed by atoms with Gasteiger partial charge in [-0.25, -0.2) is 0 Å². The highest BCUT2D eigenvalue weighted by Gasteiger charge is 2.16. The van der Waals surface area contributed by atoms with Crippen LogP contribution in [0.5, 0.6) is 11.5 Å². The maximum absolute atomic E-state index is 9.20. The van der Waals surface area contributed by atoms with Crippen molar-refractivity contribution in [3.63, 3.8) is 0 Å². The maximum Gasteiger partial charge on any atom is 0.119 e. The third-order valence-electron chi connectivity index (χ3n) is 3.42. The molecule has 3 heteroatoms. The van der Waals surface area contributed by atoms with Crippen molar-refractivity contribution >= 4 is 0 Å². The van der Waals surface area contributed by atoms with E-state index in [1.807, 2.05) is 38.1 Å². The van der Waals surface area contributed by atoms with Gasteiger partial charge in [0.2, 0.25) is 0 Å². The minimum absolute atomic E-state index is 0.0873. The van der Waals surface area contributed by atoms with Crippen LogP contribution in [0.2, 0.25) is 0 Å². The summed E-state index contributed by atoms with van der Waals surface area (Å²) in [6, 6.07) is 7.74. The van der Waals surface area contributed by atoms with Gasteiger partial charge in [-0.3, -0.25) is 0 Å². The molecule has 1 N–H and O–H groups in total. The molecule has 1 aromatic carbocycles. The summed E-state index contributed by atoms with van der Waals surface area (Å²) in [7, 11) is 0. The predicted molar refractivity (Wildman–Crippen MR) is 87.0 cm³/mol. The van der Waals surface area contributed by atoms with Crippen molar-refractivity contribution in [3.8, 4) is 11.5 Å². The third-order valence-corrected chi connectivity index (χ3v) is 3.42. The van der Waals surface area contributed by atoms with E-state index in [0.717, 1.165) is 30.9 Å². The Bertz CT molecular complexity index is 401. The highest BCUT2D eigenvalue weighted by atomic mass is 16.5. The smallest absolute Gasteiger partial charge is 0.119 e. The first-order chi connectivity index (χ1) is 9.72. The molecule has 0 aliphatic carbocycles. The molecule has 120 valence electrons. The van der Waals surface area contributed by atoms with Crippen LogP contribution in [0.25, 0.3) is 0 Å². The first-order valence-electron chi connectivity index (χ1n) is 7.68. The van der Waals surface area contributed by atoms with Gasteiger partial charge in [-0.05, 0) is 47.9 Å². The van der Waals surface area contributed by atoms with Crippen LogP contribution < -0.4 is 9.47 Å². The van der Waals surface area contributed by atoms with Crippen molar-refractivity contribution in [1.29, 1.82) is 0 Å². The Morgan fingerprint density at radius 3 is 1.62 bits per heavy atom. The summed E-state index contributed by atoms with van der Waals surface area (Å²) in [6.07, 6.45) is 1.86. The zero-order chi connectivity index (χ0) is 15.9. The van der Waals surface area contributed by atoms with E-state index >= 15 is 0 Å². The lowest BCUT2D eigenvalue weighted by Gasteiger charge is -2.21. The minimum Gasteiger partial charge on any atom is -0.494 e. The largest absolute Gasteiger partial charge is 0.494 e. The van der Waals surface area contributed by atoms with Crippen LogP contribution in [0.4, 0.5) is 0 Å². The van der Waals surface area contributed by atoms with Crippen molar-refractivity contribution < 1.29 is 14.6 Å². The second-order valence-corrected chi connectivity index (χ2v) is 7.55. The normalized spacial score (nSPS) is 12.3. The van der Waals surface area contributed by atoms with Crippen molar-refractivity contribution in [2.75, 3.05) is 19.8 Å². The van der Waals surface area contributed by atoms with Crippen LogP contribution in [0.3, 0.4) is 0 Å². The van der Waals surface area contributed by atoms with Crippen LogP contribution in [-0.2, 0) is 0 Å². The molecule has 0 radical (unpaired) electrons. The second kappa shape index (κ2) is 7.69. The molecular weight excluding hydrogens is 264 g/mol. The summed E-state index contributed by atoms with van der Waals surface area (Å²) >= 11 is 0. The van der Waals surface area contributed by atoms with Crippen molar-refractivity contribution in [1.82, 2.24) is 0 Å². The summed E-state index contributed by atoms with van der Waals surface area (Å²) in [4.78, 5) is 0. The molecule has 0 atom stereocenters. The fraction of sp³-hybridized carbons (Fsp3) is 0.667. The Balaban J connectivity index is 2.33. The van der Waals surface area contributed by atoms with E-state index in [0.29, 0.717) is 12.0 Å². The number of benzene rings is 1. The van der Waals surface area contributed by atoms with Crippen molar-refractivity contribution in [2.24, 2.45) is 10.8 Å². The number of hydrogen-bond donors (Lipinski definition) is 1. The summed E-state index contributed by atoms with van der Waals surface area (Å²) in [5.74, 6) is 1.72.